The highest BCUT2D eigenvalue weighted by atomic mass is 32.2. The second-order valence-corrected chi connectivity index (χ2v) is 10.3. The number of nitrogens with zero attached hydrogens (tertiary/aromatic N) is 3. The van der Waals surface area contributed by atoms with Crippen LogP contribution >= 0.6 is 0 Å². The van der Waals surface area contributed by atoms with Gasteiger partial charge in [0.1, 0.15) is 0 Å². The minimum atomic E-state index is -1.50. The van der Waals surface area contributed by atoms with Crippen LogP contribution in [-0.2, 0) is 15.8 Å². The first-order chi connectivity index (χ1) is 18.0. The fourth-order valence-corrected chi connectivity index (χ4v) is 5.61. The lowest BCUT2D eigenvalue weighted by Gasteiger charge is -2.26. The molecule has 37 heavy (non-hydrogen) atoms. The summed E-state index contributed by atoms with van der Waals surface area (Å²) in [5, 5.41) is 4.08. The van der Waals surface area contributed by atoms with E-state index in [0.717, 1.165) is 17.4 Å². The number of anilines is 1. The van der Waals surface area contributed by atoms with Crippen molar-refractivity contribution in [2.24, 2.45) is 0 Å². The van der Waals surface area contributed by atoms with E-state index in [9.17, 15) is 13.8 Å². The molecule has 1 saturated heterocycles. The molecular formula is C28H29N5O3S. The SMILES string of the molecule is CC1NC=CC=C1C(=O)N1CCCN(C(=O)c2ccc(NS(=O)c3cccc4cccnc34)cc2)CC1. The number of allylic oxidation sites excluding steroid dienone is 2. The average molecular weight is 516 g/mol. The summed E-state index contributed by atoms with van der Waals surface area (Å²) in [5.41, 5.74) is 2.63. The van der Waals surface area contributed by atoms with Gasteiger partial charge in [0.15, 0.2) is 11.0 Å². The number of fused-ring (bicyclic) bond motifs is 1. The molecule has 1 aromatic heterocycles. The number of amides is 2. The molecule has 3 heterocycles. The van der Waals surface area contributed by atoms with Gasteiger partial charge in [-0.05, 0) is 62.0 Å². The van der Waals surface area contributed by atoms with Crippen molar-refractivity contribution in [1.82, 2.24) is 20.1 Å². The number of carbonyl (C=O) groups excluding carboxylic acids is 2. The van der Waals surface area contributed by atoms with E-state index < -0.39 is 11.0 Å². The molecule has 2 atom stereocenters. The van der Waals surface area contributed by atoms with Crippen LogP contribution in [0.4, 0.5) is 5.69 Å². The molecule has 5 rings (SSSR count). The highest BCUT2D eigenvalue weighted by Gasteiger charge is 2.27. The van der Waals surface area contributed by atoms with Gasteiger partial charge in [-0.15, -0.1) is 0 Å². The highest BCUT2D eigenvalue weighted by Crippen LogP contribution is 2.22. The second-order valence-electron chi connectivity index (χ2n) is 9.09. The lowest BCUT2D eigenvalue weighted by atomic mass is 10.0. The number of dihydropyridines is 1. The minimum absolute atomic E-state index is 0.0171. The number of carbonyl (C=O) groups is 2. The number of para-hydroxylation sites is 1. The summed E-state index contributed by atoms with van der Waals surface area (Å²) < 4.78 is 16.0. The van der Waals surface area contributed by atoms with Crippen LogP contribution in [-0.4, -0.2) is 63.0 Å². The molecule has 1 fully saturated rings. The molecule has 0 radical (unpaired) electrons. The van der Waals surface area contributed by atoms with E-state index in [4.69, 9.17) is 0 Å². The van der Waals surface area contributed by atoms with Crippen LogP contribution in [0.2, 0.25) is 0 Å². The molecule has 0 aliphatic carbocycles. The summed E-state index contributed by atoms with van der Waals surface area (Å²) in [5.74, 6) is -0.0569. The largest absolute Gasteiger partial charge is 0.384 e. The Labute approximate surface area is 218 Å². The zero-order chi connectivity index (χ0) is 25.8. The summed E-state index contributed by atoms with van der Waals surface area (Å²) in [4.78, 5) is 34.8. The number of hydrogen-bond donors (Lipinski definition) is 2. The molecule has 9 heteroatoms. The standard InChI is InChI=1S/C28H29N5O3S/c1-20-24(8-4-14-29-20)28(35)33-17-5-16-32(18-19-33)27(34)22-10-12-23(13-11-22)31-37(36)25-9-2-6-21-7-3-15-30-26(21)25/h2-4,6-15,20,29,31H,5,16-19H2,1H3. The Morgan fingerprint density at radius 3 is 2.46 bits per heavy atom. The molecule has 0 spiro atoms. The number of aromatic nitrogens is 1. The smallest absolute Gasteiger partial charge is 0.253 e. The van der Waals surface area contributed by atoms with Crippen LogP contribution in [0, 0.1) is 0 Å². The van der Waals surface area contributed by atoms with E-state index >= 15 is 0 Å². The normalized spacial score (nSPS) is 18.5. The van der Waals surface area contributed by atoms with E-state index in [-0.39, 0.29) is 17.9 Å². The molecule has 0 bridgehead atoms. The quantitative estimate of drug-likeness (QED) is 0.543. The van der Waals surface area contributed by atoms with Crippen LogP contribution in [0.15, 0.2) is 89.6 Å². The fourth-order valence-electron chi connectivity index (χ4n) is 4.60. The van der Waals surface area contributed by atoms with Crippen molar-refractivity contribution in [3.63, 3.8) is 0 Å². The van der Waals surface area contributed by atoms with E-state index in [0.29, 0.717) is 47.8 Å². The van der Waals surface area contributed by atoms with E-state index in [1.54, 1.807) is 41.4 Å². The maximum atomic E-state index is 13.2. The molecule has 3 aromatic rings. The first-order valence-corrected chi connectivity index (χ1v) is 13.5. The summed E-state index contributed by atoms with van der Waals surface area (Å²) in [6.07, 6.45) is 7.94. The Bertz CT molecular complexity index is 1400. The molecule has 0 saturated carbocycles. The van der Waals surface area contributed by atoms with Gasteiger partial charge in [0.25, 0.3) is 11.8 Å². The Kier molecular flexibility index (Phi) is 7.32. The predicted octanol–water partition coefficient (Wildman–Crippen LogP) is 3.48. The third-order valence-electron chi connectivity index (χ3n) is 6.64. The number of benzene rings is 2. The molecule has 2 unspecified atom stereocenters. The first-order valence-electron chi connectivity index (χ1n) is 12.3. The van der Waals surface area contributed by atoms with Gasteiger partial charge < -0.3 is 19.8 Å². The predicted molar refractivity (Wildman–Crippen MR) is 145 cm³/mol. The van der Waals surface area contributed by atoms with E-state index in [1.165, 1.54) is 0 Å². The van der Waals surface area contributed by atoms with Crippen molar-refractivity contribution in [3.05, 3.63) is 90.3 Å². The van der Waals surface area contributed by atoms with Gasteiger partial charge in [-0.1, -0.05) is 24.3 Å². The number of rotatable bonds is 5. The van der Waals surface area contributed by atoms with E-state index in [1.807, 2.05) is 54.4 Å². The molecule has 2 N–H and O–H groups in total. The third-order valence-corrected chi connectivity index (χ3v) is 7.79. The average Bonchev–Trinajstić information content (AvgIpc) is 3.19. The second kappa shape index (κ2) is 11.0. The summed E-state index contributed by atoms with van der Waals surface area (Å²) in [6.45, 7) is 4.15. The zero-order valence-corrected chi connectivity index (χ0v) is 21.4. The van der Waals surface area contributed by atoms with Crippen LogP contribution in [0.5, 0.6) is 0 Å². The molecule has 190 valence electrons. The zero-order valence-electron chi connectivity index (χ0n) is 20.6. The number of hydrogen-bond acceptors (Lipinski definition) is 5. The summed E-state index contributed by atoms with van der Waals surface area (Å²) >= 11 is 0. The number of nitrogens with one attached hydrogen (secondary N) is 2. The van der Waals surface area contributed by atoms with Crippen molar-refractivity contribution in [3.8, 4) is 0 Å². The Morgan fingerprint density at radius 2 is 1.70 bits per heavy atom. The minimum Gasteiger partial charge on any atom is -0.384 e. The third kappa shape index (κ3) is 5.41. The Morgan fingerprint density at radius 1 is 0.973 bits per heavy atom. The molecule has 2 aromatic carbocycles. The Hall–Kier alpha value is -3.98. The van der Waals surface area contributed by atoms with Crippen molar-refractivity contribution in [2.75, 3.05) is 30.9 Å². The fraction of sp³-hybridized carbons (Fsp3) is 0.250. The van der Waals surface area contributed by atoms with Gasteiger partial charge in [-0.25, -0.2) is 4.21 Å². The van der Waals surface area contributed by atoms with Gasteiger partial charge >= 0.3 is 0 Å². The van der Waals surface area contributed by atoms with Gasteiger partial charge in [-0.3, -0.25) is 14.6 Å². The van der Waals surface area contributed by atoms with Crippen molar-refractivity contribution in [1.29, 1.82) is 0 Å². The van der Waals surface area contributed by atoms with Gasteiger partial charge in [0.05, 0.1) is 16.5 Å². The van der Waals surface area contributed by atoms with Crippen LogP contribution < -0.4 is 10.0 Å². The van der Waals surface area contributed by atoms with Crippen LogP contribution in [0.25, 0.3) is 10.9 Å². The van der Waals surface area contributed by atoms with Gasteiger partial charge in [0.2, 0.25) is 0 Å². The molecule has 8 nitrogen and oxygen atoms in total. The van der Waals surface area contributed by atoms with Crippen molar-refractivity contribution >= 4 is 39.4 Å². The molecule has 2 amide bonds. The van der Waals surface area contributed by atoms with Crippen molar-refractivity contribution < 1.29 is 13.8 Å². The van der Waals surface area contributed by atoms with Gasteiger partial charge in [-0.2, -0.15) is 0 Å². The molecule has 2 aliphatic rings. The van der Waals surface area contributed by atoms with Crippen LogP contribution in [0.1, 0.15) is 23.7 Å². The maximum Gasteiger partial charge on any atom is 0.253 e. The van der Waals surface area contributed by atoms with Gasteiger partial charge in [0, 0.05) is 54.6 Å². The molecular weight excluding hydrogens is 486 g/mol. The Balaban J connectivity index is 1.21. The topological polar surface area (TPSA) is 94.6 Å². The van der Waals surface area contributed by atoms with Crippen LogP contribution in [0.3, 0.4) is 0 Å². The maximum absolute atomic E-state index is 13.2. The highest BCUT2D eigenvalue weighted by molar-refractivity contribution is 7.86. The number of pyridine rings is 1. The lowest BCUT2D eigenvalue weighted by Crippen LogP contribution is -2.41. The van der Waals surface area contributed by atoms with E-state index in [2.05, 4.69) is 15.0 Å². The molecule has 2 aliphatic heterocycles. The lowest BCUT2D eigenvalue weighted by molar-refractivity contribution is -0.127. The first kappa shape index (κ1) is 24.7. The monoisotopic (exact) mass is 515 g/mol. The van der Waals surface area contributed by atoms with Crippen molar-refractivity contribution in [2.45, 2.75) is 24.3 Å². The summed E-state index contributed by atoms with van der Waals surface area (Å²) in [6, 6.07) is 16.3. The summed E-state index contributed by atoms with van der Waals surface area (Å²) in [7, 11) is -1.50.